The summed E-state index contributed by atoms with van der Waals surface area (Å²) in [7, 11) is 0. The van der Waals surface area contributed by atoms with E-state index in [-0.39, 0.29) is 0 Å². The summed E-state index contributed by atoms with van der Waals surface area (Å²) in [5, 5.41) is 3.16. The van der Waals surface area contributed by atoms with Gasteiger partial charge in [-0.15, -0.1) is 0 Å². The van der Waals surface area contributed by atoms with Gasteiger partial charge in [0, 0.05) is 12.5 Å². The molecule has 54 valence electrons. The van der Waals surface area contributed by atoms with Crippen LogP contribution < -0.4 is 5.32 Å². The molecule has 1 aliphatic heterocycles. The molecule has 0 spiro atoms. The van der Waals surface area contributed by atoms with Gasteiger partial charge in [0.1, 0.15) is 0 Å². The lowest BCUT2D eigenvalue weighted by molar-refractivity contribution is 0.562. The molecular weight excluding hydrogens is 128 g/mol. The van der Waals surface area contributed by atoms with Crippen molar-refractivity contribution in [1.82, 2.24) is 5.32 Å². The molecule has 0 aromatic carbocycles. The highest BCUT2D eigenvalue weighted by molar-refractivity contribution is 5.36. The molecule has 1 saturated heterocycles. The molecule has 0 aliphatic carbocycles. The van der Waals surface area contributed by atoms with Gasteiger partial charge in [-0.25, -0.2) is 4.79 Å². The minimum atomic E-state index is 0.349. The van der Waals surface area contributed by atoms with E-state index in [1.165, 1.54) is 6.08 Å². The highest BCUT2D eigenvalue weighted by atomic mass is 16.1. The van der Waals surface area contributed by atoms with Crippen molar-refractivity contribution in [1.29, 1.82) is 0 Å². The normalized spacial score (nSPS) is 23.8. The highest BCUT2D eigenvalue weighted by Crippen LogP contribution is 2.16. The largest absolute Gasteiger partial charge is 0.316 e. The minimum Gasteiger partial charge on any atom is -0.316 e. The Balaban J connectivity index is 2.47. The van der Waals surface area contributed by atoms with Gasteiger partial charge in [0.2, 0.25) is 6.08 Å². The number of nitrogens with one attached hydrogen (secondary N) is 1. The average molecular weight is 138 g/mol. The van der Waals surface area contributed by atoms with Gasteiger partial charge >= 0.3 is 0 Å². The van der Waals surface area contributed by atoms with E-state index in [4.69, 9.17) is 0 Å². The summed E-state index contributed by atoms with van der Waals surface area (Å²) < 4.78 is 0. The molecule has 1 unspecified atom stereocenters. The maximum absolute atomic E-state index is 9.80. The number of hydrogen-bond donors (Lipinski definition) is 1. The van der Waals surface area contributed by atoms with Crippen LogP contribution in [0.25, 0.3) is 0 Å². The van der Waals surface area contributed by atoms with E-state index in [1.54, 1.807) is 0 Å². The lowest BCUT2D eigenvalue weighted by atomic mass is 10.1. The van der Waals surface area contributed by atoms with Crippen molar-refractivity contribution >= 4 is 6.08 Å². The summed E-state index contributed by atoms with van der Waals surface area (Å²) in [4.78, 5) is 13.3. The van der Waals surface area contributed by atoms with E-state index in [9.17, 15) is 4.79 Å². The third-order valence-corrected chi connectivity index (χ3v) is 1.72. The van der Waals surface area contributed by atoms with Crippen molar-refractivity contribution < 1.29 is 4.79 Å². The third-order valence-electron chi connectivity index (χ3n) is 1.72. The van der Waals surface area contributed by atoms with Crippen molar-refractivity contribution in [2.24, 2.45) is 10.9 Å². The van der Waals surface area contributed by atoms with Crippen molar-refractivity contribution in [2.75, 3.05) is 13.1 Å². The molecule has 0 radical (unpaired) electrons. The third kappa shape index (κ3) is 1.53. The van der Waals surface area contributed by atoms with Crippen LogP contribution in [0.15, 0.2) is 17.3 Å². The van der Waals surface area contributed by atoms with Gasteiger partial charge < -0.3 is 5.32 Å². The van der Waals surface area contributed by atoms with Crippen LogP contribution in [-0.2, 0) is 4.79 Å². The minimum absolute atomic E-state index is 0.349. The summed E-state index contributed by atoms with van der Waals surface area (Å²) >= 11 is 0. The summed E-state index contributed by atoms with van der Waals surface area (Å²) in [6.07, 6.45) is 2.52. The Bertz CT molecular complexity index is 176. The number of hydrogen-bond acceptors (Lipinski definition) is 3. The van der Waals surface area contributed by atoms with Crippen LogP contribution in [0.1, 0.15) is 6.42 Å². The van der Waals surface area contributed by atoms with Crippen LogP contribution in [0, 0.1) is 5.92 Å². The summed E-state index contributed by atoms with van der Waals surface area (Å²) in [5.74, 6) is 0.349. The zero-order valence-corrected chi connectivity index (χ0v) is 5.76. The zero-order chi connectivity index (χ0) is 7.40. The molecule has 1 aliphatic rings. The van der Waals surface area contributed by atoms with E-state index in [0.29, 0.717) is 11.6 Å². The van der Waals surface area contributed by atoms with Gasteiger partial charge in [-0.1, -0.05) is 6.58 Å². The average Bonchev–Trinajstić information content (AvgIpc) is 2.38. The first-order chi connectivity index (χ1) is 4.84. The van der Waals surface area contributed by atoms with Crippen molar-refractivity contribution in [3.05, 3.63) is 12.3 Å². The lowest BCUT2D eigenvalue weighted by Gasteiger charge is -2.03. The molecule has 0 bridgehead atoms. The molecule has 1 fully saturated rings. The fraction of sp³-hybridized carbons (Fsp3) is 0.571. The second-order valence-corrected chi connectivity index (χ2v) is 2.38. The zero-order valence-electron chi connectivity index (χ0n) is 5.76. The van der Waals surface area contributed by atoms with Gasteiger partial charge in [0.15, 0.2) is 0 Å². The molecule has 0 aromatic rings. The first-order valence-corrected chi connectivity index (χ1v) is 3.32. The van der Waals surface area contributed by atoms with Crippen molar-refractivity contribution in [2.45, 2.75) is 6.42 Å². The second kappa shape index (κ2) is 3.30. The molecular formula is C7H10N2O. The molecule has 10 heavy (non-hydrogen) atoms. The van der Waals surface area contributed by atoms with Gasteiger partial charge in [-0.2, -0.15) is 4.99 Å². The van der Waals surface area contributed by atoms with Crippen LogP contribution in [0.2, 0.25) is 0 Å². The molecule has 1 N–H and O–H groups in total. The van der Waals surface area contributed by atoms with Crippen LogP contribution in [0.4, 0.5) is 0 Å². The van der Waals surface area contributed by atoms with E-state index >= 15 is 0 Å². The predicted molar refractivity (Wildman–Crippen MR) is 38.2 cm³/mol. The fourth-order valence-electron chi connectivity index (χ4n) is 1.09. The van der Waals surface area contributed by atoms with Crippen LogP contribution in [0.3, 0.4) is 0 Å². The maximum Gasteiger partial charge on any atom is 0.240 e. The van der Waals surface area contributed by atoms with Gasteiger partial charge in [-0.3, -0.25) is 0 Å². The number of rotatable bonds is 2. The Labute approximate surface area is 59.8 Å². The van der Waals surface area contributed by atoms with Gasteiger partial charge in [0.25, 0.3) is 0 Å². The molecule has 3 heteroatoms. The van der Waals surface area contributed by atoms with Crippen molar-refractivity contribution in [3.8, 4) is 0 Å². The Kier molecular flexibility index (Phi) is 2.37. The molecule has 3 nitrogen and oxygen atoms in total. The number of isocyanates is 1. The standard InChI is InChI=1S/C7H10N2O/c1-6(9-5-10)7-2-3-8-4-7/h7-8H,1-4H2. The molecule has 0 aromatic heterocycles. The van der Waals surface area contributed by atoms with Gasteiger partial charge in [-0.05, 0) is 13.0 Å². The SMILES string of the molecule is C=C(N=C=O)C1CCNC1. The Hall–Kier alpha value is -0.920. The smallest absolute Gasteiger partial charge is 0.240 e. The van der Waals surface area contributed by atoms with Crippen LogP contribution >= 0.6 is 0 Å². The highest BCUT2D eigenvalue weighted by Gasteiger charge is 2.16. The first-order valence-electron chi connectivity index (χ1n) is 3.32. The van der Waals surface area contributed by atoms with E-state index in [2.05, 4.69) is 16.9 Å². The van der Waals surface area contributed by atoms with E-state index < -0.39 is 0 Å². The first kappa shape index (κ1) is 7.19. The van der Waals surface area contributed by atoms with Crippen molar-refractivity contribution in [3.63, 3.8) is 0 Å². The van der Waals surface area contributed by atoms with Gasteiger partial charge in [0.05, 0.1) is 5.70 Å². The fourth-order valence-corrected chi connectivity index (χ4v) is 1.09. The summed E-state index contributed by atoms with van der Waals surface area (Å²) in [6.45, 7) is 5.55. The quantitative estimate of drug-likeness (QED) is 0.444. The summed E-state index contributed by atoms with van der Waals surface area (Å²) in [6, 6.07) is 0. The second-order valence-electron chi connectivity index (χ2n) is 2.38. The lowest BCUT2D eigenvalue weighted by Crippen LogP contribution is -2.09. The van der Waals surface area contributed by atoms with Crippen LogP contribution in [0.5, 0.6) is 0 Å². The van der Waals surface area contributed by atoms with E-state index in [1.807, 2.05) is 0 Å². The molecule has 1 atom stereocenters. The van der Waals surface area contributed by atoms with Crippen LogP contribution in [-0.4, -0.2) is 19.2 Å². The monoisotopic (exact) mass is 138 g/mol. The Morgan fingerprint density at radius 3 is 3.10 bits per heavy atom. The maximum atomic E-state index is 9.80. The topological polar surface area (TPSA) is 41.5 Å². The van der Waals surface area contributed by atoms with E-state index in [0.717, 1.165) is 19.5 Å². The number of aliphatic imine (C=N–C) groups is 1. The predicted octanol–water partition coefficient (Wildman–Crippen LogP) is 0.445. The summed E-state index contributed by atoms with van der Waals surface area (Å²) in [5.41, 5.74) is 0.653. The number of carbonyl (C=O) groups excluding carboxylic acids is 1. The Morgan fingerprint density at radius 1 is 1.80 bits per heavy atom. The molecule has 0 amide bonds. The molecule has 1 heterocycles. The number of nitrogens with zero attached hydrogens (tertiary/aromatic N) is 1. The molecule has 1 rings (SSSR count). The molecule has 0 saturated carbocycles. The Morgan fingerprint density at radius 2 is 2.60 bits per heavy atom.